The van der Waals surface area contributed by atoms with Crippen molar-refractivity contribution in [3.05, 3.63) is 0 Å². The van der Waals surface area contributed by atoms with Crippen molar-refractivity contribution >= 4 is 0 Å². The van der Waals surface area contributed by atoms with Gasteiger partial charge in [-0.05, 0) is 50.5 Å². The molecule has 0 bridgehead atoms. The largest absolute Gasteiger partial charge is 0.393 e. The molecule has 17 heavy (non-hydrogen) atoms. The third-order valence-electron chi connectivity index (χ3n) is 4.66. The van der Waals surface area contributed by atoms with Gasteiger partial charge in [0.05, 0.1) is 6.10 Å². The fourth-order valence-corrected chi connectivity index (χ4v) is 3.59. The van der Waals surface area contributed by atoms with Gasteiger partial charge in [0.25, 0.3) is 0 Å². The second-order valence-corrected chi connectivity index (χ2v) is 6.51. The Morgan fingerprint density at radius 2 is 1.88 bits per heavy atom. The van der Waals surface area contributed by atoms with Gasteiger partial charge in [0, 0.05) is 18.5 Å². The average Bonchev–Trinajstić information content (AvgIpc) is 3.05. The zero-order valence-electron chi connectivity index (χ0n) is 11.7. The van der Waals surface area contributed by atoms with Gasteiger partial charge in [-0.15, -0.1) is 0 Å². The summed E-state index contributed by atoms with van der Waals surface area (Å²) in [6, 6.07) is 0.841. The van der Waals surface area contributed by atoms with E-state index in [4.69, 9.17) is 0 Å². The van der Waals surface area contributed by atoms with Crippen LogP contribution in [-0.2, 0) is 0 Å². The Hall–Kier alpha value is -0.0800. The lowest BCUT2D eigenvalue weighted by molar-refractivity contribution is -0.00333. The smallest absolute Gasteiger partial charge is 0.0585 e. The summed E-state index contributed by atoms with van der Waals surface area (Å²) in [4.78, 5) is 2.64. The Balaban J connectivity index is 1.90. The molecule has 0 radical (unpaired) electrons. The molecule has 0 aromatic carbocycles. The highest BCUT2D eigenvalue weighted by molar-refractivity contribution is 4.90. The van der Waals surface area contributed by atoms with Crippen molar-refractivity contribution in [3.63, 3.8) is 0 Å². The molecular formula is C15H29NO. The van der Waals surface area contributed by atoms with Gasteiger partial charge >= 0.3 is 0 Å². The first-order chi connectivity index (χ1) is 8.11. The predicted molar refractivity (Wildman–Crippen MR) is 71.9 cm³/mol. The number of aliphatic hydroxyl groups excluding tert-OH is 1. The average molecular weight is 239 g/mol. The van der Waals surface area contributed by atoms with E-state index in [9.17, 15) is 5.11 Å². The Morgan fingerprint density at radius 3 is 2.41 bits per heavy atom. The van der Waals surface area contributed by atoms with E-state index in [2.05, 4.69) is 25.7 Å². The summed E-state index contributed by atoms with van der Waals surface area (Å²) in [6.07, 6.45) is 6.25. The highest BCUT2D eigenvalue weighted by Gasteiger charge is 2.37. The highest BCUT2D eigenvalue weighted by atomic mass is 16.3. The van der Waals surface area contributed by atoms with E-state index in [1.807, 2.05) is 0 Å². The molecule has 1 N–H and O–H groups in total. The van der Waals surface area contributed by atoms with Gasteiger partial charge in [-0.3, -0.25) is 0 Å². The predicted octanol–water partition coefficient (Wildman–Crippen LogP) is 2.90. The maximum atomic E-state index is 10.3. The van der Waals surface area contributed by atoms with Crippen molar-refractivity contribution in [2.45, 2.75) is 65.0 Å². The van der Waals surface area contributed by atoms with E-state index >= 15 is 0 Å². The minimum Gasteiger partial charge on any atom is -0.393 e. The van der Waals surface area contributed by atoms with E-state index in [0.717, 1.165) is 19.0 Å². The molecule has 4 atom stereocenters. The summed E-state index contributed by atoms with van der Waals surface area (Å²) >= 11 is 0. The number of hydrogen-bond donors (Lipinski definition) is 1. The molecule has 0 aromatic heterocycles. The molecule has 2 rings (SSSR count). The molecule has 2 aliphatic rings. The molecule has 4 unspecified atom stereocenters. The van der Waals surface area contributed by atoms with Crippen LogP contribution >= 0.6 is 0 Å². The molecule has 2 fully saturated rings. The van der Waals surface area contributed by atoms with Crippen LogP contribution in [-0.4, -0.2) is 35.2 Å². The standard InChI is InChI=1S/C15H29NO/c1-4-7-16(13-5-6-13)10-14-12(3)8-11(2)9-15(14)17/h11-15,17H,4-10H2,1-3H3. The van der Waals surface area contributed by atoms with Crippen molar-refractivity contribution in [1.29, 1.82) is 0 Å². The maximum absolute atomic E-state index is 10.3. The first-order valence-corrected chi connectivity index (χ1v) is 7.54. The number of aliphatic hydroxyl groups is 1. The van der Waals surface area contributed by atoms with Crippen LogP contribution in [0.4, 0.5) is 0 Å². The van der Waals surface area contributed by atoms with Crippen molar-refractivity contribution in [2.24, 2.45) is 17.8 Å². The number of nitrogens with zero attached hydrogens (tertiary/aromatic N) is 1. The Kier molecular flexibility index (Phi) is 4.48. The topological polar surface area (TPSA) is 23.5 Å². The molecule has 2 heteroatoms. The highest BCUT2D eigenvalue weighted by Crippen LogP contribution is 2.36. The molecular weight excluding hydrogens is 210 g/mol. The number of hydrogen-bond acceptors (Lipinski definition) is 2. The minimum absolute atomic E-state index is 0.0631. The van der Waals surface area contributed by atoms with Gasteiger partial charge in [-0.1, -0.05) is 20.8 Å². The van der Waals surface area contributed by atoms with Crippen LogP contribution in [0.15, 0.2) is 0 Å². The van der Waals surface area contributed by atoms with Crippen molar-refractivity contribution in [1.82, 2.24) is 4.90 Å². The van der Waals surface area contributed by atoms with Gasteiger partial charge in [0.2, 0.25) is 0 Å². The van der Waals surface area contributed by atoms with E-state index in [-0.39, 0.29) is 6.10 Å². The summed E-state index contributed by atoms with van der Waals surface area (Å²) in [5.41, 5.74) is 0. The van der Waals surface area contributed by atoms with Crippen LogP contribution in [0.25, 0.3) is 0 Å². The van der Waals surface area contributed by atoms with E-state index < -0.39 is 0 Å². The monoisotopic (exact) mass is 239 g/mol. The lowest BCUT2D eigenvalue weighted by Crippen LogP contribution is -2.43. The Labute approximate surface area is 106 Å². The third kappa shape index (κ3) is 3.45. The van der Waals surface area contributed by atoms with Crippen molar-refractivity contribution in [2.75, 3.05) is 13.1 Å². The summed E-state index contributed by atoms with van der Waals surface area (Å²) in [5.74, 6) is 1.90. The van der Waals surface area contributed by atoms with Gasteiger partial charge in [0.15, 0.2) is 0 Å². The molecule has 2 aliphatic carbocycles. The fourth-order valence-electron chi connectivity index (χ4n) is 3.59. The van der Waals surface area contributed by atoms with E-state index in [1.54, 1.807) is 0 Å². The zero-order chi connectivity index (χ0) is 12.4. The summed E-state index contributed by atoms with van der Waals surface area (Å²) in [5, 5.41) is 10.3. The fraction of sp³-hybridized carbons (Fsp3) is 1.00. The lowest BCUT2D eigenvalue weighted by Gasteiger charge is -2.39. The molecule has 2 saturated carbocycles. The lowest BCUT2D eigenvalue weighted by atomic mass is 9.73. The van der Waals surface area contributed by atoms with Crippen LogP contribution in [0.1, 0.15) is 52.9 Å². The van der Waals surface area contributed by atoms with Crippen LogP contribution in [0.3, 0.4) is 0 Å². The SMILES string of the molecule is CCCN(CC1C(C)CC(C)CC1O)C1CC1. The summed E-state index contributed by atoms with van der Waals surface area (Å²) in [6.45, 7) is 9.23. The molecule has 0 saturated heterocycles. The van der Waals surface area contributed by atoms with Crippen molar-refractivity contribution in [3.8, 4) is 0 Å². The minimum atomic E-state index is -0.0631. The van der Waals surface area contributed by atoms with Crippen LogP contribution in [0.5, 0.6) is 0 Å². The summed E-state index contributed by atoms with van der Waals surface area (Å²) < 4.78 is 0. The molecule has 0 aliphatic heterocycles. The van der Waals surface area contributed by atoms with E-state index in [0.29, 0.717) is 17.8 Å². The first kappa shape index (κ1) is 13.4. The molecule has 0 amide bonds. The number of rotatable bonds is 5. The van der Waals surface area contributed by atoms with Crippen LogP contribution < -0.4 is 0 Å². The quantitative estimate of drug-likeness (QED) is 0.797. The molecule has 2 nitrogen and oxygen atoms in total. The van der Waals surface area contributed by atoms with Gasteiger partial charge in [-0.2, -0.15) is 0 Å². The van der Waals surface area contributed by atoms with Crippen LogP contribution in [0, 0.1) is 17.8 Å². The summed E-state index contributed by atoms with van der Waals surface area (Å²) in [7, 11) is 0. The van der Waals surface area contributed by atoms with Gasteiger partial charge in [0.1, 0.15) is 0 Å². The normalized spacial score (nSPS) is 38.6. The second kappa shape index (κ2) is 5.71. The molecule has 0 aromatic rings. The van der Waals surface area contributed by atoms with Crippen molar-refractivity contribution < 1.29 is 5.11 Å². The first-order valence-electron chi connectivity index (χ1n) is 7.54. The molecule has 0 heterocycles. The maximum Gasteiger partial charge on any atom is 0.0585 e. The van der Waals surface area contributed by atoms with E-state index in [1.165, 1.54) is 32.2 Å². The van der Waals surface area contributed by atoms with Crippen LogP contribution in [0.2, 0.25) is 0 Å². The zero-order valence-corrected chi connectivity index (χ0v) is 11.7. The molecule has 100 valence electrons. The Morgan fingerprint density at radius 1 is 1.18 bits per heavy atom. The molecule has 0 spiro atoms. The van der Waals surface area contributed by atoms with Gasteiger partial charge in [-0.25, -0.2) is 0 Å². The third-order valence-corrected chi connectivity index (χ3v) is 4.66. The second-order valence-electron chi connectivity index (χ2n) is 6.51. The van der Waals surface area contributed by atoms with Gasteiger partial charge < -0.3 is 10.0 Å². The Bertz CT molecular complexity index is 227.